The third-order valence-electron chi connectivity index (χ3n) is 2.61. The molecule has 1 atom stereocenters. The van der Waals surface area contributed by atoms with Gasteiger partial charge in [-0.25, -0.2) is 0 Å². The van der Waals surface area contributed by atoms with Crippen LogP contribution in [0.4, 0.5) is 0 Å². The highest BCUT2D eigenvalue weighted by Crippen LogP contribution is 2.19. The molecule has 1 N–H and O–H groups in total. The van der Waals surface area contributed by atoms with Gasteiger partial charge in [-0.2, -0.15) is 0 Å². The number of ketones is 1. The maximum absolute atomic E-state index is 11.8. The van der Waals surface area contributed by atoms with Crippen LogP contribution in [0.2, 0.25) is 0 Å². The van der Waals surface area contributed by atoms with Crippen LogP contribution in [-0.4, -0.2) is 18.4 Å². The average molecular weight is 209 g/mol. The molecule has 0 amide bonds. The summed E-state index contributed by atoms with van der Waals surface area (Å²) in [6.07, 6.45) is 3.03. The van der Waals surface area contributed by atoms with Crippen molar-refractivity contribution in [3.8, 4) is 0 Å². The van der Waals surface area contributed by atoms with Crippen molar-refractivity contribution in [3.63, 3.8) is 0 Å². The molecule has 1 aromatic rings. The first kappa shape index (κ1) is 9.87. The fourth-order valence-electron chi connectivity index (χ4n) is 1.84. The minimum atomic E-state index is 0.294. The number of nitrogens with one attached hydrogen (secondary N) is 1. The SMILES string of the molecule is Cc1ccc(C(=O)CC2CCCN2)s1. The van der Waals surface area contributed by atoms with Crippen molar-refractivity contribution in [2.45, 2.75) is 32.2 Å². The molecular formula is C11H15NOS. The summed E-state index contributed by atoms with van der Waals surface area (Å²) in [5, 5.41) is 3.35. The summed E-state index contributed by atoms with van der Waals surface area (Å²) in [4.78, 5) is 13.9. The monoisotopic (exact) mass is 209 g/mol. The van der Waals surface area contributed by atoms with Gasteiger partial charge in [0.25, 0.3) is 0 Å². The number of aryl methyl sites for hydroxylation is 1. The number of rotatable bonds is 3. The molecular weight excluding hydrogens is 194 g/mol. The van der Waals surface area contributed by atoms with Gasteiger partial charge in [0.05, 0.1) is 4.88 Å². The lowest BCUT2D eigenvalue weighted by atomic mass is 10.1. The zero-order chi connectivity index (χ0) is 9.97. The van der Waals surface area contributed by atoms with E-state index in [-0.39, 0.29) is 0 Å². The van der Waals surface area contributed by atoms with Gasteiger partial charge in [0, 0.05) is 17.3 Å². The van der Waals surface area contributed by atoms with Gasteiger partial charge >= 0.3 is 0 Å². The van der Waals surface area contributed by atoms with E-state index in [4.69, 9.17) is 0 Å². The van der Waals surface area contributed by atoms with Crippen LogP contribution in [0.5, 0.6) is 0 Å². The van der Waals surface area contributed by atoms with Gasteiger partial charge in [0.1, 0.15) is 0 Å². The van der Waals surface area contributed by atoms with Crippen molar-refractivity contribution in [2.75, 3.05) is 6.54 Å². The lowest BCUT2D eigenvalue weighted by Gasteiger charge is -2.07. The molecule has 0 radical (unpaired) electrons. The van der Waals surface area contributed by atoms with E-state index in [1.54, 1.807) is 11.3 Å². The Morgan fingerprint density at radius 1 is 1.64 bits per heavy atom. The number of carbonyl (C=O) groups is 1. The molecule has 3 heteroatoms. The van der Waals surface area contributed by atoms with E-state index in [0.29, 0.717) is 18.2 Å². The Kier molecular flexibility index (Phi) is 2.99. The van der Waals surface area contributed by atoms with Crippen molar-refractivity contribution in [2.24, 2.45) is 0 Å². The fourth-order valence-corrected chi connectivity index (χ4v) is 2.66. The topological polar surface area (TPSA) is 29.1 Å². The molecule has 2 heterocycles. The molecule has 2 rings (SSSR count). The molecule has 1 fully saturated rings. The highest BCUT2D eigenvalue weighted by molar-refractivity contribution is 7.14. The maximum atomic E-state index is 11.8. The van der Waals surface area contributed by atoms with E-state index in [1.807, 2.05) is 19.1 Å². The molecule has 76 valence electrons. The Hall–Kier alpha value is -0.670. The zero-order valence-corrected chi connectivity index (χ0v) is 9.19. The van der Waals surface area contributed by atoms with Crippen LogP contribution in [0.1, 0.15) is 33.8 Å². The molecule has 0 aromatic carbocycles. The number of hydrogen-bond acceptors (Lipinski definition) is 3. The third-order valence-corrected chi connectivity index (χ3v) is 3.65. The second-order valence-electron chi connectivity index (χ2n) is 3.83. The summed E-state index contributed by atoms with van der Waals surface area (Å²) in [5.41, 5.74) is 0. The quantitative estimate of drug-likeness (QED) is 0.774. The summed E-state index contributed by atoms with van der Waals surface area (Å²) in [5.74, 6) is 0.294. The normalized spacial score (nSPS) is 21.4. The average Bonchev–Trinajstić information content (AvgIpc) is 2.75. The van der Waals surface area contributed by atoms with Crippen LogP contribution in [0.3, 0.4) is 0 Å². The van der Waals surface area contributed by atoms with Crippen LogP contribution in [-0.2, 0) is 0 Å². The molecule has 14 heavy (non-hydrogen) atoms. The zero-order valence-electron chi connectivity index (χ0n) is 8.38. The van der Waals surface area contributed by atoms with Crippen LogP contribution in [0.25, 0.3) is 0 Å². The third kappa shape index (κ3) is 2.22. The Morgan fingerprint density at radius 3 is 3.07 bits per heavy atom. The van der Waals surface area contributed by atoms with Crippen molar-refractivity contribution in [1.29, 1.82) is 0 Å². The number of thiophene rings is 1. The fraction of sp³-hybridized carbons (Fsp3) is 0.545. The Morgan fingerprint density at radius 2 is 2.50 bits per heavy atom. The summed E-state index contributed by atoms with van der Waals surface area (Å²) in [6.45, 7) is 3.11. The molecule has 0 saturated carbocycles. The maximum Gasteiger partial charge on any atom is 0.174 e. The molecule has 1 saturated heterocycles. The largest absolute Gasteiger partial charge is 0.314 e. The molecule has 0 aliphatic carbocycles. The van der Waals surface area contributed by atoms with Gasteiger partial charge in [-0.05, 0) is 38.4 Å². The summed E-state index contributed by atoms with van der Waals surface area (Å²) in [6, 6.07) is 4.38. The van der Waals surface area contributed by atoms with Crippen molar-refractivity contribution in [3.05, 3.63) is 21.9 Å². The first-order chi connectivity index (χ1) is 6.75. The first-order valence-electron chi connectivity index (χ1n) is 5.09. The Balaban J connectivity index is 1.95. The summed E-state index contributed by atoms with van der Waals surface area (Å²) >= 11 is 1.60. The first-order valence-corrected chi connectivity index (χ1v) is 5.90. The van der Waals surface area contributed by atoms with Gasteiger partial charge in [0.15, 0.2) is 5.78 Å². The number of hydrogen-bond donors (Lipinski definition) is 1. The van der Waals surface area contributed by atoms with Gasteiger partial charge in [-0.15, -0.1) is 11.3 Å². The molecule has 1 unspecified atom stereocenters. The molecule has 2 nitrogen and oxygen atoms in total. The van der Waals surface area contributed by atoms with Crippen molar-refractivity contribution in [1.82, 2.24) is 5.32 Å². The van der Waals surface area contributed by atoms with Gasteiger partial charge in [-0.3, -0.25) is 4.79 Å². The highest BCUT2D eigenvalue weighted by Gasteiger charge is 2.19. The van der Waals surface area contributed by atoms with E-state index in [0.717, 1.165) is 17.8 Å². The predicted molar refractivity (Wildman–Crippen MR) is 59.0 cm³/mol. The lowest BCUT2D eigenvalue weighted by molar-refractivity contribution is 0.0975. The van der Waals surface area contributed by atoms with Crippen molar-refractivity contribution >= 4 is 17.1 Å². The van der Waals surface area contributed by atoms with E-state index in [1.165, 1.54) is 11.3 Å². The van der Waals surface area contributed by atoms with Gasteiger partial charge in [-0.1, -0.05) is 0 Å². The second kappa shape index (κ2) is 4.24. The van der Waals surface area contributed by atoms with E-state index < -0.39 is 0 Å². The van der Waals surface area contributed by atoms with Gasteiger partial charge < -0.3 is 5.32 Å². The van der Waals surface area contributed by atoms with Crippen LogP contribution >= 0.6 is 11.3 Å². The Bertz CT molecular complexity index is 326. The van der Waals surface area contributed by atoms with Crippen LogP contribution in [0, 0.1) is 6.92 Å². The minimum absolute atomic E-state index is 0.294. The number of carbonyl (C=O) groups excluding carboxylic acids is 1. The van der Waals surface area contributed by atoms with Gasteiger partial charge in [0.2, 0.25) is 0 Å². The Labute approximate surface area is 88.3 Å². The number of Topliss-reactive ketones (excluding diaryl/α,β-unsaturated/α-hetero) is 1. The summed E-state index contributed by atoms with van der Waals surface area (Å²) in [7, 11) is 0. The predicted octanol–water partition coefficient (Wildman–Crippen LogP) is 2.38. The van der Waals surface area contributed by atoms with Crippen molar-refractivity contribution < 1.29 is 4.79 Å². The van der Waals surface area contributed by atoms with E-state index in [9.17, 15) is 4.79 Å². The molecule has 0 spiro atoms. The molecule has 0 bridgehead atoms. The standard InChI is InChI=1S/C11H15NOS/c1-8-4-5-11(14-8)10(13)7-9-3-2-6-12-9/h4-5,9,12H,2-3,6-7H2,1H3. The van der Waals surface area contributed by atoms with Crippen LogP contribution < -0.4 is 5.32 Å². The van der Waals surface area contributed by atoms with E-state index >= 15 is 0 Å². The molecule has 1 aliphatic heterocycles. The second-order valence-corrected chi connectivity index (χ2v) is 5.12. The smallest absolute Gasteiger partial charge is 0.174 e. The highest BCUT2D eigenvalue weighted by atomic mass is 32.1. The minimum Gasteiger partial charge on any atom is -0.314 e. The van der Waals surface area contributed by atoms with Crippen LogP contribution in [0.15, 0.2) is 12.1 Å². The van der Waals surface area contributed by atoms with E-state index in [2.05, 4.69) is 5.32 Å². The summed E-state index contributed by atoms with van der Waals surface area (Å²) < 4.78 is 0. The molecule has 1 aromatic heterocycles. The lowest BCUT2D eigenvalue weighted by Crippen LogP contribution is -2.24. The molecule has 1 aliphatic rings.